The third kappa shape index (κ3) is 4.02. The molecule has 144 valence electrons. The fraction of sp³-hybridized carbons (Fsp3) is 0.500. The fourth-order valence-corrected chi connectivity index (χ4v) is 3.70. The van der Waals surface area contributed by atoms with Crippen LogP contribution in [0.2, 0.25) is 0 Å². The Kier molecular flexibility index (Phi) is 5.58. The van der Waals surface area contributed by atoms with Crippen molar-refractivity contribution in [1.82, 2.24) is 4.90 Å². The number of carbonyl (C=O) groups excluding carboxylic acids is 2. The number of hydrogen-bond acceptors (Lipinski definition) is 5. The van der Waals surface area contributed by atoms with E-state index in [9.17, 15) is 9.59 Å². The molecule has 1 heterocycles. The molecule has 7 heteroatoms. The van der Waals surface area contributed by atoms with Crippen molar-refractivity contribution in [2.45, 2.75) is 38.6 Å². The first-order valence-corrected chi connectivity index (χ1v) is 9.16. The Morgan fingerprint density at radius 3 is 2.52 bits per heavy atom. The summed E-state index contributed by atoms with van der Waals surface area (Å²) in [5, 5.41) is 6.21. The van der Waals surface area contributed by atoms with Crippen LogP contribution < -0.4 is 15.3 Å². The van der Waals surface area contributed by atoms with Crippen LogP contribution in [0.3, 0.4) is 0 Å². The maximum atomic E-state index is 11.9. The molecule has 27 heavy (non-hydrogen) atoms. The van der Waals surface area contributed by atoms with E-state index in [1.807, 2.05) is 22.8 Å². The summed E-state index contributed by atoms with van der Waals surface area (Å²) in [4.78, 5) is 25.3. The Labute approximate surface area is 158 Å². The standard InChI is InChI=1S/C20H26N3O4/c1-13(24)22(2)16-7-5-14(6-8-16)11-23-12-15-9-17(20(25)27-4)19(26-3)10-18(15)21-23/h9-12,14,16H,5-8H2,1-4H3/q+1/b23-11-. The highest BCUT2D eigenvalue weighted by Crippen LogP contribution is 2.26. The summed E-state index contributed by atoms with van der Waals surface area (Å²) in [5.41, 5.74) is 0.389. The van der Waals surface area contributed by atoms with Crippen LogP contribution in [-0.4, -0.2) is 55.0 Å². The SMILES string of the molecule is COC(=O)c1cc2c(cc1OC)=N/[N+](=C\C1CCC(N(C)C(C)=O)CC1)C=2. The average molecular weight is 372 g/mol. The molecule has 2 aliphatic rings. The van der Waals surface area contributed by atoms with Gasteiger partial charge in [0, 0.05) is 37.1 Å². The van der Waals surface area contributed by atoms with Gasteiger partial charge in [0.2, 0.25) is 12.1 Å². The zero-order chi connectivity index (χ0) is 19.6. The molecule has 0 N–H and O–H groups in total. The molecular weight excluding hydrogens is 346 g/mol. The molecule has 1 amide bonds. The first-order valence-electron chi connectivity index (χ1n) is 9.16. The summed E-state index contributed by atoms with van der Waals surface area (Å²) in [6.45, 7) is 1.62. The second kappa shape index (κ2) is 7.90. The van der Waals surface area contributed by atoms with Gasteiger partial charge in [-0.1, -0.05) is 4.68 Å². The number of fused-ring (bicyclic) bond motifs is 1. The van der Waals surface area contributed by atoms with E-state index in [1.165, 1.54) is 14.2 Å². The van der Waals surface area contributed by atoms with Gasteiger partial charge in [-0.25, -0.2) is 4.79 Å². The Balaban J connectivity index is 1.78. The van der Waals surface area contributed by atoms with Crippen molar-refractivity contribution in [3.63, 3.8) is 0 Å². The number of rotatable bonds is 4. The first kappa shape index (κ1) is 19.1. The van der Waals surface area contributed by atoms with Crippen LogP contribution in [0, 0.1) is 5.92 Å². The van der Waals surface area contributed by atoms with Gasteiger partial charge in [0.05, 0.1) is 19.4 Å². The molecule has 1 saturated carbocycles. The minimum atomic E-state index is -0.432. The van der Waals surface area contributed by atoms with Gasteiger partial charge in [-0.05, 0) is 31.7 Å². The lowest BCUT2D eigenvalue weighted by atomic mass is 9.86. The van der Waals surface area contributed by atoms with E-state index >= 15 is 0 Å². The molecular formula is C20H26N3O4+. The summed E-state index contributed by atoms with van der Waals surface area (Å²) >= 11 is 0. The second-order valence-corrected chi connectivity index (χ2v) is 7.06. The Morgan fingerprint density at radius 1 is 1.22 bits per heavy atom. The molecule has 0 aromatic heterocycles. The predicted molar refractivity (Wildman–Crippen MR) is 100 cm³/mol. The second-order valence-electron chi connectivity index (χ2n) is 7.06. The van der Waals surface area contributed by atoms with Gasteiger partial charge in [0.25, 0.3) is 0 Å². The Hall–Kier alpha value is -2.70. The number of nitrogens with zero attached hydrogens (tertiary/aromatic N) is 3. The number of methoxy groups -OCH3 is 2. The van der Waals surface area contributed by atoms with Gasteiger partial charge < -0.3 is 14.4 Å². The number of hydrogen-bond donors (Lipinski definition) is 0. The molecule has 0 bridgehead atoms. The molecule has 1 aliphatic heterocycles. The summed E-state index contributed by atoms with van der Waals surface area (Å²) in [6, 6.07) is 3.83. The molecule has 3 rings (SSSR count). The monoisotopic (exact) mass is 372 g/mol. The van der Waals surface area contributed by atoms with E-state index in [4.69, 9.17) is 9.47 Å². The Morgan fingerprint density at radius 2 is 1.93 bits per heavy atom. The molecule has 0 saturated heterocycles. The van der Waals surface area contributed by atoms with E-state index in [1.54, 1.807) is 19.1 Å². The van der Waals surface area contributed by atoms with Crippen molar-refractivity contribution in [2.24, 2.45) is 11.0 Å². The van der Waals surface area contributed by atoms with E-state index in [0.29, 0.717) is 23.3 Å². The molecule has 1 aromatic rings. The molecule has 7 nitrogen and oxygen atoms in total. The number of ether oxygens (including phenoxy) is 2. The summed E-state index contributed by atoms with van der Waals surface area (Å²) in [6.07, 6.45) is 8.07. The van der Waals surface area contributed by atoms with Crippen molar-refractivity contribution in [3.8, 4) is 5.75 Å². The van der Waals surface area contributed by atoms with Crippen molar-refractivity contribution in [2.75, 3.05) is 21.3 Å². The van der Waals surface area contributed by atoms with Crippen LogP contribution in [0.15, 0.2) is 17.2 Å². The number of carbonyl (C=O) groups is 2. The van der Waals surface area contributed by atoms with Crippen LogP contribution in [0.5, 0.6) is 5.75 Å². The molecule has 0 unspecified atom stereocenters. The normalized spacial score (nSPS) is 22.4. The van der Waals surface area contributed by atoms with Crippen LogP contribution >= 0.6 is 0 Å². The van der Waals surface area contributed by atoms with Crippen molar-refractivity contribution in [3.05, 3.63) is 28.3 Å². The van der Waals surface area contributed by atoms with Gasteiger partial charge in [0.1, 0.15) is 16.7 Å². The lowest BCUT2D eigenvalue weighted by molar-refractivity contribution is -0.424. The predicted octanol–water partition coefficient (Wildman–Crippen LogP) is 0.888. The molecule has 1 aromatic carbocycles. The van der Waals surface area contributed by atoms with Crippen molar-refractivity contribution < 1.29 is 23.7 Å². The molecule has 1 fully saturated rings. The first-order chi connectivity index (χ1) is 12.9. The van der Waals surface area contributed by atoms with Gasteiger partial charge in [-0.2, -0.15) is 0 Å². The van der Waals surface area contributed by atoms with E-state index in [-0.39, 0.29) is 5.91 Å². The number of esters is 1. The number of benzene rings is 1. The molecule has 1 aliphatic carbocycles. The fourth-order valence-electron chi connectivity index (χ4n) is 3.70. The smallest absolute Gasteiger partial charge is 0.341 e. The average Bonchev–Trinajstić information content (AvgIpc) is 3.07. The van der Waals surface area contributed by atoms with Gasteiger partial charge in [0.15, 0.2) is 6.21 Å². The highest BCUT2D eigenvalue weighted by atomic mass is 16.5. The highest BCUT2D eigenvalue weighted by Gasteiger charge is 2.27. The van der Waals surface area contributed by atoms with E-state index in [2.05, 4.69) is 11.3 Å². The van der Waals surface area contributed by atoms with Crippen molar-refractivity contribution in [1.29, 1.82) is 0 Å². The van der Waals surface area contributed by atoms with Gasteiger partial charge in [-0.3, -0.25) is 4.79 Å². The molecule has 0 radical (unpaired) electrons. The van der Waals surface area contributed by atoms with Crippen molar-refractivity contribution >= 4 is 24.3 Å². The largest absolute Gasteiger partial charge is 0.496 e. The molecule has 0 spiro atoms. The highest BCUT2D eigenvalue weighted by molar-refractivity contribution is 5.92. The Bertz CT molecular complexity index is 899. The zero-order valence-electron chi connectivity index (χ0n) is 16.3. The van der Waals surface area contributed by atoms with Crippen LogP contribution in [-0.2, 0) is 9.53 Å². The number of amides is 1. The maximum Gasteiger partial charge on any atom is 0.341 e. The lowest BCUT2D eigenvalue weighted by Crippen LogP contribution is -2.38. The minimum Gasteiger partial charge on any atom is -0.496 e. The zero-order valence-corrected chi connectivity index (χ0v) is 16.3. The van der Waals surface area contributed by atoms with Crippen LogP contribution in [0.1, 0.15) is 43.0 Å². The van der Waals surface area contributed by atoms with Crippen LogP contribution in [0.4, 0.5) is 0 Å². The van der Waals surface area contributed by atoms with E-state index < -0.39 is 5.97 Å². The third-order valence-corrected chi connectivity index (χ3v) is 5.40. The minimum absolute atomic E-state index is 0.121. The summed E-state index contributed by atoms with van der Waals surface area (Å²) in [5.74, 6) is 0.555. The molecule has 0 atom stereocenters. The van der Waals surface area contributed by atoms with E-state index in [0.717, 1.165) is 36.3 Å². The lowest BCUT2D eigenvalue weighted by Gasteiger charge is -2.32. The maximum absolute atomic E-state index is 11.9. The quantitative estimate of drug-likeness (QED) is 0.581. The third-order valence-electron chi connectivity index (χ3n) is 5.40. The van der Waals surface area contributed by atoms with Gasteiger partial charge in [-0.15, -0.1) is 0 Å². The topological polar surface area (TPSA) is 71.2 Å². The summed E-state index contributed by atoms with van der Waals surface area (Å²) < 4.78 is 11.9. The van der Waals surface area contributed by atoms with Crippen LogP contribution in [0.25, 0.3) is 6.20 Å². The van der Waals surface area contributed by atoms with Gasteiger partial charge >= 0.3 is 5.97 Å². The summed E-state index contributed by atoms with van der Waals surface area (Å²) in [7, 11) is 4.75.